The van der Waals surface area contributed by atoms with Gasteiger partial charge >= 0.3 is 0 Å². The molecule has 0 aliphatic heterocycles. The average molecular weight is 284 g/mol. The normalized spacial score (nSPS) is 13.6. The van der Waals surface area contributed by atoms with Crippen LogP contribution in [0.4, 0.5) is 0 Å². The van der Waals surface area contributed by atoms with Gasteiger partial charge in [0.2, 0.25) is 5.09 Å². The number of H-pyrrole nitrogens is 1. The summed E-state index contributed by atoms with van der Waals surface area (Å²) in [6.07, 6.45) is 3.20. The minimum absolute atomic E-state index is 0.101. The molecular formula is C11H16N4O3S. The highest BCUT2D eigenvalue weighted by Gasteiger charge is 2.22. The smallest absolute Gasteiger partial charge is 0.274 e. The summed E-state index contributed by atoms with van der Waals surface area (Å²) < 4.78 is 31.9. The Bertz CT molecular complexity index is 618. The van der Waals surface area contributed by atoms with Crippen molar-refractivity contribution < 1.29 is 12.8 Å². The maximum absolute atomic E-state index is 12.1. The molecule has 1 unspecified atom stereocenters. The average Bonchev–Trinajstić information content (AvgIpc) is 2.99. The third-order valence-corrected chi connectivity index (χ3v) is 3.93. The van der Waals surface area contributed by atoms with Crippen molar-refractivity contribution >= 4 is 10.0 Å². The summed E-state index contributed by atoms with van der Waals surface area (Å²) in [4.78, 5) is 6.86. The van der Waals surface area contributed by atoms with Crippen molar-refractivity contribution in [1.82, 2.24) is 20.0 Å². The van der Waals surface area contributed by atoms with Crippen LogP contribution < -0.4 is 10.0 Å². The van der Waals surface area contributed by atoms with Gasteiger partial charge in [-0.05, 0) is 26.1 Å². The van der Waals surface area contributed by atoms with Crippen LogP contribution in [0.1, 0.15) is 24.6 Å². The summed E-state index contributed by atoms with van der Waals surface area (Å²) in [5.74, 6) is 1.11. The van der Waals surface area contributed by atoms with Crippen molar-refractivity contribution in [3.05, 3.63) is 36.1 Å². The van der Waals surface area contributed by atoms with Crippen molar-refractivity contribution in [3.8, 4) is 0 Å². The third kappa shape index (κ3) is 3.22. The number of sulfonamides is 1. The van der Waals surface area contributed by atoms with Gasteiger partial charge in [-0.2, -0.15) is 4.72 Å². The van der Waals surface area contributed by atoms with Gasteiger partial charge in [0.05, 0.1) is 12.6 Å². The summed E-state index contributed by atoms with van der Waals surface area (Å²) >= 11 is 0. The Kier molecular flexibility index (Phi) is 4.03. The molecule has 8 heteroatoms. The van der Waals surface area contributed by atoms with Crippen LogP contribution in [0.2, 0.25) is 0 Å². The second-order valence-corrected chi connectivity index (χ2v) is 5.71. The quantitative estimate of drug-likeness (QED) is 0.727. The lowest BCUT2D eigenvalue weighted by Gasteiger charge is -2.10. The minimum atomic E-state index is -3.69. The molecule has 0 aliphatic carbocycles. The first-order valence-electron chi connectivity index (χ1n) is 5.78. The Labute approximate surface area is 111 Å². The molecule has 2 aromatic heterocycles. The molecule has 0 aromatic carbocycles. The molecule has 104 valence electrons. The van der Waals surface area contributed by atoms with Gasteiger partial charge in [-0.25, -0.2) is 13.4 Å². The maximum atomic E-state index is 12.1. The highest BCUT2D eigenvalue weighted by atomic mass is 32.2. The van der Waals surface area contributed by atoms with Crippen molar-refractivity contribution in [1.29, 1.82) is 0 Å². The molecule has 19 heavy (non-hydrogen) atoms. The second kappa shape index (κ2) is 5.55. The van der Waals surface area contributed by atoms with E-state index in [0.29, 0.717) is 18.1 Å². The van der Waals surface area contributed by atoms with Crippen LogP contribution in [0.15, 0.2) is 34.0 Å². The third-order valence-electron chi connectivity index (χ3n) is 2.51. The molecule has 3 N–H and O–H groups in total. The SMILES string of the molecule is CNCc1ccc(S(=O)(=O)NC(C)c2ncc[nH]2)o1. The molecule has 0 amide bonds. The number of nitrogens with one attached hydrogen (secondary N) is 3. The van der Waals surface area contributed by atoms with Gasteiger partial charge in [-0.3, -0.25) is 0 Å². The monoisotopic (exact) mass is 284 g/mol. The van der Waals surface area contributed by atoms with Crippen LogP contribution in [-0.2, 0) is 16.6 Å². The highest BCUT2D eigenvalue weighted by molar-refractivity contribution is 7.89. The van der Waals surface area contributed by atoms with Crippen LogP contribution in [0.5, 0.6) is 0 Å². The molecular weight excluding hydrogens is 268 g/mol. The van der Waals surface area contributed by atoms with Gasteiger partial charge in [0.15, 0.2) is 0 Å². The fraction of sp³-hybridized carbons (Fsp3) is 0.364. The number of furan rings is 1. The fourth-order valence-electron chi connectivity index (χ4n) is 1.63. The molecule has 2 heterocycles. The van der Waals surface area contributed by atoms with Crippen molar-refractivity contribution in [2.75, 3.05) is 7.05 Å². The van der Waals surface area contributed by atoms with Crippen LogP contribution >= 0.6 is 0 Å². The maximum Gasteiger partial charge on any atom is 0.274 e. The van der Waals surface area contributed by atoms with Crippen LogP contribution in [-0.4, -0.2) is 25.4 Å². The number of rotatable bonds is 6. The molecule has 0 aliphatic rings. The Morgan fingerprint density at radius 3 is 2.89 bits per heavy atom. The van der Waals surface area contributed by atoms with Gasteiger partial charge in [0, 0.05) is 12.4 Å². The van der Waals surface area contributed by atoms with Gasteiger partial charge in [0.25, 0.3) is 10.0 Å². The van der Waals surface area contributed by atoms with Crippen LogP contribution in [0.3, 0.4) is 0 Å². The molecule has 0 bridgehead atoms. The standard InChI is InChI=1S/C11H16N4O3S/c1-8(11-13-5-6-14-11)15-19(16,17)10-4-3-9(18-10)7-12-2/h3-6,8,12,15H,7H2,1-2H3,(H,13,14). The fourth-order valence-corrected chi connectivity index (χ4v) is 2.79. The molecule has 0 radical (unpaired) electrons. The van der Waals surface area contributed by atoms with Gasteiger partial charge in [-0.15, -0.1) is 0 Å². The van der Waals surface area contributed by atoms with E-state index in [9.17, 15) is 8.42 Å². The lowest BCUT2D eigenvalue weighted by atomic mass is 10.3. The predicted molar refractivity (Wildman–Crippen MR) is 68.8 cm³/mol. The topological polar surface area (TPSA) is 100 Å². The lowest BCUT2D eigenvalue weighted by molar-refractivity contribution is 0.402. The Morgan fingerprint density at radius 2 is 2.26 bits per heavy atom. The van der Waals surface area contributed by atoms with E-state index in [-0.39, 0.29) is 5.09 Å². The molecule has 0 saturated carbocycles. The highest BCUT2D eigenvalue weighted by Crippen LogP contribution is 2.17. The van der Waals surface area contributed by atoms with Crippen molar-refractivity contribution in [2.24, 2.45) is 0 Å². The molecule has 2 aromatic rings. The summed E-state index contributed by atoms with van der Waals surface area (Å²) in [7, 11) is -1.93. The van der Waals surface area contributed by atoms with E-state index in [0.717, 1.165) is 0 Å². The largest absolute Gasteiger partial charge is 0.447 e. The molecule has 1 atom stereocenters. The lowest BCUT2D eigenvalue weighted by Crippen LogP contribution is -2.27. The number of imidazole rings is 1. The van der Waals surface area contributed by atoms with E-state index in [2.05, 4.69) is 20.0 Å². The van der Waals surface area contributed by atoms with Gasteiger partial charge < -0.3 is 14.7 Å². The van der Waals surface area contributed by atoms with Gasteiger partial charge in [0.1, 0.15) is 11.6 Å². The first kappa shape index (κ1) is 13.8. The molecule has 0 fully saturated rings. The van der Waals surface area contributed by atoms with Gasteiger partial charge in [-0.1, -0.05) is 0 Å². The molecule has 0 spiro atoms. The van der Waals surface area contributed by atoms with Crippen LogP contribution in [0, 0.1) is 0 Å². The number of hydrogen-bond acceptors (Lipinski definition) is 5. The van der Waals surface area contributed by atoms with Crippen molar-refractivity contribution in [3.63, 3.8) is 0 Å². The molecule has 0 saturated heterocycles. The summed E-state index contributed by atoms with van der Waals surface area (Å²) in [5, 5.41) is 2.79. The van der Waals surface area contributed by atoms with E-state index >= 15 is 0 Å². The Balaban J connectivity index is 2.13. The number of hydrogen-bond donors (Lipinski definition) is 3. The van der Waals surface area contributed by atoms with Crippen molar-refractivity contribution in [2.45, 2.75) is 24.6 Å². The van der Waals surface area contributed by atoms with E-state index in [1.54, 1.807) is 32.4 Å². The first-order valence-corrected chi connectivity index (χ1v) is 7.26. The summed E-state index contributed by atoms with van der Waals surface area (Å²) in [5.41, 5.74) is 0. The summed E-state index contributed by atoms with van der Waals surface area (Å²) in [6.45, 7) is 2.18. The van der Waals surface area contributed by atoms with E-state index in [1.165, 1.54) is 6.07 Å². The number of aromatic amines is 1. The molecule has 2 rings (SSSR count). The van der Waals surface area contributed by atoms with E-state index in [1.807, 2.05) is 0 Å². The Hall–Kier alpha value is -1.64. The minimum Gasteiger partial charge on any atom is -0.447 e. The van der Waals surface area contributed by atoms with E-state index in [4.69, 9.17) is 4.42 Å². The number of nitrogens with zero attached hydrogens (tertiary/aromatic N) is 1. The zero-order valence-electron chi connectivity index (χ0n) is 10.7. The zero-order chi connectivity index (χ0) is 13.9. The predicted octanol–water partition coefficient (Wildman–Crippen LogP) is 0.762. The first-order chi connectivity index (χ1) is 9.03. The second-order valence-electron chi connectivity index (χ2n) is 4.07. The number of aromatic nitrogens is 2. The van der Waals surface area contributed by atoms with E-state index < -0.39 is 16.1 Å². The molecule has 7 nitrogen and oxygen atoms in total. The zero-order valence-corrected chi connectivity index (χ0v) is 11.5. The summed E-state index contributed by atoms with van der Waals surface area (Å²) in [6, 6.07) is 2.60. The van der Waals surface area contributed by atoms with Crippen LogP contribution in [0.25, 0.3) is 0 Å². The Morgan fingerprint density at radius 1 is 1.47 bits per heavy atom.